The van der Waals surface area contributed by atoms with Crippen molar-refractivity contribution in [3.8, 4) is 0 Å². The van der Waals surface area contributed by atoms with Gasteiger partial charge in [0.2, 0.25) is 5.91 Å². The monoisotopic (exact) mass is 395 g/mol. The lowest BCUT2D eigenvalue weighted by Crippen LogP contribution is -2.44. The van der Waals surface area contributed by atoms with Crippen LogP contribution in [0.2, 0.25) is 0 Å². The maximum absolute atomic E-state index is 12.7. The summed E-state index contributed by atoms with van der Waals surface area (Å²) in [6.45, 7) is 1.23. The van der Waals surface area contributed by atoms with Gasteiger partial charge in [-0.1, -0.05) is 18.2 Å². The lowest BCUT2D eigenvalue weighted by atomic mass is 10.1. The van der Waals surface area contributed by atoms with Crippen molar-refractivity contribution in [3.05, 3.63) is 75.3 Å². The first-order valence-electron chi connectivity index (χ1n) is 8.07. The van der Waals surface area contributed by atoms with E-state index in [0.717, 1.165) is 18.2 Å². The molecule has 2 aromatic rings. The molecule has 0 aliphatic heterocycles. The fourth-order valence-electron chi connectivity index (χ4n) is 2.31. The van der Waals surface area contributed by atoms with Gasteiger partial charge in [0.05, 0.1) is 10.5 Å². The molecule has 2 N–H and O–H groups in total. The summed E-state index contributed by atoms with van der Waals surface area (Å²) in [5, 5.41) is 15.6. The fraction of sp³-hybridized carbons (Fsp3) is 0.222. The smallest absolute Gasteiger partial charge is 0.350 e. The number of nitrogens with one attached hydrogen (secondary N) is 2. The van der Waals surface area contributed by atoms with E-state index in [0.29, 0.717) is 0 Å². The van der Waals surface area contributed by atoms with E-state index in [1.54, 1.807) is 0 Å². The van der Waals surface area contributed by atoms with Gasteiger partial charge >= 0.3 is 6.18 Å². The summed E-state index contributed by atoms with van der Waals surface area (Å²) in [4.78, 5) is 34.3. The predicted octanol–water partition coefficient (Wildman–Crippen LogP) is 3.05. The van der Waals surface area contributed by atoms with Crippen LogP contribution in [0.1, 0.15) is 28.4 Å². The molecule has 0 fully saturated rings. The second-order valence-corrected chi connectivity index (χ2v) is 5.92. The van der Waals surface area contributed by atoms with Gasteiger partial charge in [-0.3, -0.25) is 19.7 Å². The van der Waals surface area contributed by atoms with Gasteiger partial charge in [-0.2, -0.15) is 13.2 Å². The summed E-state index contributed by atoms with van der Waals surface area (Å²) in [5.41, 5.74) is -0.840. The number of carbonyl (C=O) groups excluding carboxylic acids is 2. The number of nitro groups is 1. The Morgan fingerprint density at radius 3 is 2.46 bits per heavy atom. The number of nitrogens with zero attached hydrogens (tertiary/aromatic N) is 1. The van der Waals surface area contributed by atoms with Crippen LogP contribution in [-0.2, 0) is 17.5 Å². The van der Waals surface area contributed by atoms with Crippen LogP contribution in [0.25, 0.3) is 0 Å². The molecule has 0 spiro atoms. The molecular formula is C18H16F3N3O4. The second kappa shape index (κ2) is 8.51. The van der Waals surface area contributed by atoms with Gasteiger partial charge in [0.1, 0.15) is 6.04 Å². The van der Waals surface area contributed by atoms with Crippen molar-refractivity contribution in [3.63, 3.8) is 0 Å². The SMILES string of the molecule is CC(NC(=O)c1cccc([N+](=O)[O-])c1)C(=O)NCc1cccc(C(F)(F)F)c1. The van der Waals surface area contributed by atoms with Crippen LogP contribution in [0.5, 0.6) is 0 Å². The molecule has 0 aliphatic rings. The summed E-state index contributed by atoms with van der Waals surface area (Å²) < 4.78 is 38.1. The Morgan fingerprint density at radius 2 is 1.82 bits per heavy atom. The molecule has 0 bridgehead atoms. The third-order valence-corrected chi connectivity index (χ3v) is 3.78. The molecule has 2 rings (SSSR count). The minimum absolute atomic E-state index is 0.00623. The number of amides is 2. The number of non-ortho nitro benzene ring substituents is 1. The van der Waals surface area contributed by atoms with Crippen LogP contribution in [0.4, 0.5) is 18.9 Å². The molecule has 28 heavy (non-hydrogen) atoms. The van der Waals surface area contributed by atoms with Crippen LogP contribution in [0, 0.1) is 10.1 Å². The highest BCUT2D eigenvalue weighted by Gasteiger charge is 2.30. The maximum Gasteiger partial charge on any atom is 0.416 e. The van der Waals surface area contributed by atoms with Gasteiger partial charge < -0.3 is 10.6 Å². The first kappa shape index (κ1) is 20.9. The summed E-state index contributed by atoms with van der Waals surface area (Å²) in [5.74, 6) is -1.30. The van der Waals surface area contributed by atoms with E-state index in [9.17, 15) is 32.9 Å². The Balaban J connectivity index is 1.95. The van der Waals surface area contributed by atoms with Crippen LogP contribution in [0.15, 0.2) is 48.5 Å². The van der Waals surface area contributed by atoms with E-state index in [-0.39, 0.29) is 23.4 Å². The minimum Gasteiger partial charge on any atom is -0.350 e. The van der Waals surface area contributed by atoms with Gasteiger partial charge in [-0.15, -0.1) is 0 Å². The Morgan fingerprint density at radius 1 is 1.14 bits per heavy atom. The van der Waals surface area contributed by atoms with E-state index < -0.39 is 34.5 Å². The molecule has 1 unspecified atom stereocenters. The molecule has 2 aromatic carbocycles. The van der Waals surface area contributed by atoms with E-state index in [1.165, 1.54) is 37.3 Å². The lowest BCUT2D eigenvalue weighted by Gasteiger charge is -2.15. The number of nitro benzene ring substituents is 1. The number of alkyl halides is 3. The quantitative estimate of drug-likeness (QED) is 0.580. The molecule has 7 nitrogen and oxygen atoms in total. The van der Waals surface area contributed by atoms with Crippen LogP contribution in [-0.4, -0.2) is 22.8 Å². The number of halogens is 3. The van der Waals surface area contributed by atoms with Crippen LogP contribution in [0.3, 0.4) is 0 Å². The Bertz CT molecular complexity index is 900. The number of hydrogen-bond donors (Lipinski definition) is 2. The minimum atomic E-state index is -4.49. The highest BCUT2D eigenvalue weighted by atomic mass is 19.4. The molecule has 0 saturated heterocycles. The number of benzene rings is 2. The van der Waals surface area contributed by atoms with Gasteiger partial charge in [0.25, 0.3) is 11.6 Å². The largest absolute Gasteiger partial charge is 0.416 e. The van der Waals surface area contributed by atoms with E-state index in [4.69, 9.17) is 0 Å². The summed E-state index contributed by atoms with van der Waals surface area (Å²) >= 11 is 0. The van der Waals surface area contributed by atoms with Crippen molar-refractivity contribution < 1.29 is 27.7 Å². The molecule has 0 radical (unpaired) electrons. The van der Waals surface area contributed by atoms with E-state index >= 15 is 0 Å². The van der Waals surface area contributed by atoms with E-state index in [1.807, 2.05) is 0 Å². The molecule has 1 atom stereocenters. The second-order valence-electron chi connectivity index (χ2n) is 5.92. The topological polar surface area (TPSA) is 101 Å². The van der Waals surface area contributed by atoms with Crippen molar-refractivity contribution >= 4 is 17.5 Å². The molecule has 0 aromatic heterocycles. The third kappa shape index (κ3) is 5.53. The average Bonchev–Trinajstić information content (AvgIpc) is 2.65. The Labute approximate surface area is 157 Å². The van der Waals surface area contributed by atoms with Crippen molar-refractivity contribution in [2.45, 2.75) is 25.7 Å². The number of rotatable bonds is 6. The molecule has 0 aliphatic carbocycles. The van der Waals surface area contributed by atoms with Gasteiger partial charge in [-0.25, -0.2) is 0 Å². The van der Waals surface area contributed by atoms with Crippen LogP contribution >= 0.6 is 0 Å². The first-order chi connectivity index (χ1) is 13.1. The zero-order valence-corrected chi connectivity index (χ0v) is 14.6. The van der Waals surface area contributed by atoms with Crippen molar-refractivity contribution in [2.24, 2.45) is 0 Å². The Kier molecular flexibility index (Phi) is 6.34. The standard InChI is InChI=1S/C18H16F3N3O4/c1-11(23-17(26)13-5-3-7-15(9-13)24(27)28)16(25)22-10-12-4-2-6-14(8-12)18(19,20)21/h2-9,11H,10H2,1H3,(H,22,25)(H,23,26). The summed E-state index contributed by atoms with van der Waals surface area (Å²) in [6, 6.07) is 8.50. The zero-order valence-electron chi connectivity index (χ0n) is 14.6. The normalized spacial score (nSPS) is 12.1. The Hall–Kier alpha value is -3.43. The fourth-order valence-corrected chi connectivity index (χ4v) is 2.31. The van der Waals surface area contributed by atoms with Gasteiger partial charge in [0, 0.05) is 24.2 Å². The zero-order chi connectivity index (χ0) is 20.9. The van der Waals surface area contributed by atoms with Crippen molar-refractivity contribution in [1.29, 1.82) is 0 Å². The van der Waals surface area contributed by atoms with Gasteiger partial charge in [-0.05, 0) is 30.7 Å². The lowest BCUT2D eigenvalue weighted by molar-refractivity contribution is -0.384. The van der Waals surface area contributed by atoms with Crippen LogP contribution < -0.4 is 10.6 Å². The molecule has 0 heterocycles. The third-order valence-electron chi connectivity index (χ3n) is 3.78. The number of carbonyl (C=O) groups is 2. The molecule has 2 amide bonds. The highest BCUT2D eigenvalue weighted by Crippen LogP contribution is 2.29. The maximum atomic E-state index is 12.7. The molecule has 148 valence electrons. The molecular weight excluding hydrogens is 379 g/mol. The van der Waals surface area contributed by atoms with Crippen molar-refractivity contribution in [1.82, 2.24) is 10.6 Å². The molecule has 10 heteroatoms. The number of hydrogen-bond acceptors (Lipinski definition) is 4. The van der Waals surface area contributed by atoms with E-state index in [2.05, 4.69) is 10.6 Å². The summed E-state index contributed by atoms with van der Waals surface area (Å²) in [6.07, 6.45) is -4.49. The highest BCUT2D eigenvalue weighted by molar-refractivity contribution is 5.97. The predicted molar refractivity (Wildman–Crippen MR) is 93.3 cm³/mol. The average molecular weight is 395 g/mol. The molecule has 0 saturated carbocycles. The first-order valence-corrected chi connectivity index (χ1v) is 8.07. The van der Waals surface area contributed by atoms with Gasteiger partial charge in [0.15, 0.2) is 0 Å². The van der Waals surface area contributed by atoms with Crippen molar-refractivity contribution in [2.75, 3.05) is 0 Å². The summed E-state index contributed by atoms with van der Waals surface area (Å²) in [7, 11) is 0.